The summed E-state index contributed by atoms with van der Waals surface area (Å²) in [6, 6.07) is 4.85. The molecule has 0 saturated heterocycles. The van der Waals surface area contributed by atoms with E-state index >= 15 is 0 Å². The van der Waals surface area contributed by atoms with Gasteiger partial charge in [-0.3, -0.25) is 4.79 Å². The van der Waals surface area contributed by atoms with Gasteiger partial charge in [0.25, 0.3) is 0 Å². The summed E-state index contributed by atoms with van der Waals surface area (Å²) in [5.41, 5.74) is 1.08. The molecule has 2 N–H and O–H groups in total. The van der Waals surface area contributed by atoms with Crippen LogP contribution in [0.5, 0.6) is 0 Å². The van der Waals surface area contributed by atoms with Crippen LogP contribution in [0.2, 0.25) is 0 Å². The van der Waals surface area contributed by atoms with Gasteiger partial charge in [-0.15, -0.1) is 0 Å². The number of aryl methyl sites for hydroxylation is 1. The van der Waals surface area contributed by atoms with E-state index in [0.717, 1.165) is 12.0 Å². The molecule has 4 atom stereocenters. The Labute approximate surface area is 132 Å². The Morgan fingerprint density at radius 3 is 2.73 bits per heavy atom. The van der Waals surface area contributed by atoms with E-state index in [1.807, 2.05) is 13.8 Å². The number of carbonyl (C=O) groups excluding carboxylic acids is 1. The number of hydrogen-bond acceptors (Lipinski definition) is 2. The van der Waals surface area contributed by atoms with Crippen LogP contribution in [-0.4, -0.2) is 18.0 Å². The lowest BCUT2D eigenvalue weighted by Gasteiger charge is -2.36. The average molecular weight is 306 g/mol. The molecule has 0 heterocycles. The highest BCUT2D eigenvalue weighted by molar-refractivity contribution is 5.94. The van der Waals surface area contributed by atoms with Crippen molar-refractivity contribution in [2.75, 3.05) is 5.32 Å². The molecule has 0 aliphatic heterocycles. The maximum absolute atomic E-state index is 13.8. The second-order valence-electron chi connectivity index (χ2n) is 6.73. The van der Waals surface area contributed by atoms with Crippen LogP contribution >= 0.6 is 0 Å². The molecule has 2 rings (SSSR count). The summed E-state index contributed by atoms with van der Waals surface area (Å²) < 4.78 is 13.8. The predicted molar refractivity (Wildman–Crippen MR) is 88.3 cm³/mol. The fourth-order valence-corrected chi connectivity index (χ4v) is 3.18. The predicted octanol–water partition coefficient (Wildman–Crippen LogP) is 3.88. The van der Waals surface area contributed by atoms with Crippen molar-refractivity contribution in [2.45, 2.75) is 59.0 Å². The zero-order valence-corrected chi connectivity index (χ0v) is 13.9. The van der Waals surface area contributed by atoms with Crippen LogP contribution in [0.4, 0.5) is 10.1 Å². The molecule has 0 radical (unpaired) electrons. The zero-order chi connectivity index (χ0) is 16.3. The largest absolute Gasteiger partial charge is 0.322 e. The van der Waals surface area contributed by atoms with Crippen LogP contribution in [-0.2, 0) is 4.79 Å². The molecule has 122 valence electrons. The van der Waals surface area contributed by atoms with Gasteiger partial charge in [-0.05, 0) is 49.8 Å². The van der Waals surface area contributed by atoms with Crippen molar-refractivity contribution in [1.29, 1.82) is 0 Å². The van der Waals surface area contributed by atoms with Gasteiger partial charge in [-0.25, -0.2) is 4.39 Å². The molecule has 4 unspecified atom stereocenters. The zero-order valence-electron chi connectivity index (χ0n) is 13.9. The molecule has 1 saturated carbocycles. The first-order chi connectivity index (χ1) is 10.4. The van der Waals surface area contributed by atoms with Crippen LogP contribution in [0.25, 0.3) is 0 Å². The summed E-state index contributed by atoms with van der Waals surface area (Å²) in [4.78, 5) is 12.3. The lowest BCUT2D eigenvalue weighted by Crippen LogP contribution is -2.49. The smallest absolute Gasteiger partial charge is 0.241 e. The highest BCUT2D eigenvalue weighted by Crippen LogP contribution is 2.29. The summed E-state index contributed by atoms with van der Waals surface area (Å²) in [5.74, 6) is 0.657. The molecule has 22 heavy (non-hydrogen) atoms. The van der Waals surface area contributed by atoms with Crippen LogP contribution in [0.3, 0.4) is 0 Å². The third-order valence-corrected chi connectivity index (χ3v) is 4.95. The van der Waals surface area contributed by atoms with Crippen molar-refractivity contribution in [3.8, 4) is 0 Å². The lowest BCUT2D eigenvalue weighted by atomic mass is 9.78. The number of amides is 1. The van der Waals surface area contributed by atoms with E-state index in [1.165, 1.54) is 18.9 Å². The topological polar surface area (TPSA) is 41.1 Å². The third-order valence-electron chi connectivity index (χ3n) is 4.95. The van der Waals surface area contributed by atoms with Crippen molar-refractivity contribution < 1.29 is 9.18 Å². The third kappa shape index (κ3) is 4.07. The Kier molecular flexibility index (Phi) is 5.57. The Morgan fingerprint density at radius 2 is 2.05 bits per heavy atom. The molecule has 4 heteroatoms. The van der Waals surface area contributed by atoms with E-state index in [1.54, 1.807) is 12.1 Å². The molecule has 0 bridgehead atoms. The highest BCUT2D eigenvalue weighted by Gasteiger charge is 2.29. The Morgan fingerprint density at radius 1 is 1.32 bits per heavy atom. The highest BCUT2D eigenvalue weighted by atomic mass is 19.1. The van der Waals surface area contributed by atoms with Gasteiger partial charge in [-0.2, -0.15) is 0 Å². The van der Waals surface area contributed by atoms with Gasteiger partial charge in [0.1, 0.15) is 5.82 Å². The molecule has 1 amide bonds. The average Bonchev–Trinajstić information content (AvgIpc) is 2.46. The Bertz CT molecular complexity index is 532. The van der Waals surface area contributed by atoms with E-state index in [2.05, 4.69) is 24.5 Å². The fourth-order valence-electron chi connectivity index (χ4n) is 3.18. The van der Waals surface area contributed by atoms with E-state index in [0.29, 0.717) is 17.9 Å². The van der Waals surface area contributed by atoms with Crippen molar-refractivity contribution in [3.63, 3.8) is 0 Å². The summed E-state index contributed by atoms with van der Waals surface area (Å²) >= 11 is 0. The molecular formula is C18H27FN2O. The fraction of sp³-hybridized carbons (Fsp3) is 0.611. The standard InChI is InChI=1S/C18H27FN2O/c1-11-8-9-17(15(19)10-11)21-18(22)14(4)20-16-7-5-6-12(2)13(16)3/h8-10,12-14,16,20H,5-7H2,1-4H3,(H,21,22). The molecule has 1 fully saturated rings. The molecule has 1 aliphatic rings. The van der Waals surface area contributed by atoms with Crippen LogP contribution in [0.15, 0.2) is 18.2 Å². The number of rotatable bonds is 4. The van der Waals surface area contributed by atoms with Gasteiger partial charge in [0.2, 0.25) is 5.91 Å². The lowest BCUT2D eigenvalue weighted by molar-refractivity contribution is -0.118. The SMILES string of the molecule is Cc1ccc(NC(=O)C(C)NC2CCCC(C)C2C)c(F)c1. The molecule has 1 aliphatic carbocycles. The molecule has 0 aromatic heterocycles. The molecule has 3 nitrogen and oxygen atoms in total. The summed E-state index contributed by atoms with van der Waals surface area (Å²) in [7, 11) is 0. The minimum atomic E-state index is -0.389. The molecule has 0 spiro atoms. The van der Waals surface area contributed by atoms with Crippen molar-refractivity contribution >= 4 is 11.6 Å². The van der Waals surface area contributed by atoms with Gasteiger partial charge in [0.15, 0.2) is 0 Å². The van der Waals surface area contributed by atoms with Crippen molar-refractivity contribution in [3.05, 3.63) is 29.6 Å². The van der Waals surface area contributed by atoms with Gasteiger partial charge in [0, 0.05) is 6.04 Å². The normalized spacial score (nSPS) is 26.5. The van der Waals surface area contributed by atoms with E-state index in [4.69, 9.17) is 0 Å². The number of hydrogen-bond donors (Lipinski definition) is 2. The van der Waals surface area contributed by atoms with Crippen LogP contribution in [0.1, 0.15) is 45.6 Å². The second-order valence-corrected chi connectivity index (χ2v) is 6.73. The quantitative estimate of drug-likeness (QED) is 0.886. The van der Waals surface area contributed by atoms with E-state index in [9.17, 15) is 9.18 Å². The van der Waals surface area contributed by atoms with Gasteiger partial charge in [-0.1, -0.05) is 32.8 Å². The maximum atomic E-state index is 13.8. The summed E-state index contributed by atoms with van der Waals surface area (Å²) in [5, 5.41) is 6.09. The monoisotopic (exact) mass is 306 g/mol. The Balaban J connectivity index is 1.94. The first kappa shape index (κ1) is 16.9. The first-order valence-electron chi connectivity index (χ1n) is 8.21. The molecule has 1 aromatic carbocycles. The van der Waals surface area contributed by atoms with Crippen molar-refractivity contribution in [2.24, 2.45) is 11.8 Å². The molecule has 1 aromatic rings. The Hall–Kier alpha value is -1.42. The minimum Gasteiger partial charge on any atom is -0.322 e. The van der Waals surface area contributed by atoms with Crippen LogP contribution < -0.4 is 10.6 Å². The number of carbonyl (C=O) groups is 1. The summed E-state index contributed by atoms with van der Waals surface area (Å²) in [6.07, 6.45) is 3.56. The minimum absolute atomic E-state index is 0.187. The number of benzene rings is 1. The number of nitrogens with one attached hydrogen (secondary N) is 2. The van der Waals surface area contributed by atoms with E-state index < -0.39 is 0 Å². The second kappa shape index (κ2) is 7.23. The first-order valence-corrected chi connectivity index (χ1v) is 8.21. The van der Waals surface area contributed by atoms with Gasteiger partial charge < -0.3 is 10.6 Å². The van der Waals surface area contributed by atoms with E-state index in [-0.39, 0.29) is 23.5 Å². The maximum Gasteiger partial charge on any atom is 0.241 e. The van der Waals surface area contributed by atoms with Gasteiger partial charge >= 0.3 is 0 Å². The summed E-state index contributed by atoms with van der Waals surface area (Å²) in [6.45, 7) is 8.18. The van der Waals surface area contributed by atoms with Gasteiger partial charge in [0.05, 0.1) is 11.7 Å². The van der Waals surface area contributed by atoms with Crippen LogP contribution in [0, 0.1) is 24.6 Å². The van der Waals surface area contributed by atoms with Crippen molar-refractivity contribution in [1.82, 2.24) is 5.32 Å². The number of anilines is 1. The molecular weight excluding hydrogens is 279 g/mol. The number of halogens is 1.